The summed E-state index contributed by atoms with van der Waals surface area (Å²) in [7, 11) is 3.74. The summed E-state index contributed by atoms with van der Waals surface area (Å²) in [6.07, 6.45) is 0. The van der Waals surface area contributed by atoms with Crippen LogP contribution in [0.3, 0.4) is 0 Å². The van der Waals surface area contributed by atoms with Gasteiger partial charge in [-0.15, -0.1) is 0 Å². The highest BCUT2D eigenvalue weighted by Gasteiger charge is 2.06. The number of hydrogen-bond donors (Lipinski definition) is 2. The molecule has 88 valence electrons. The van der Waals surface area contributed by atoms with Gasteiger partial charge < -0.3 is 4.90 Å². The Balaban J connectivity index is 2.76. The smallest absolute Gasteiger partial charge is 0.244 e. The third-order valence-corrected chi connectivity index (χ3v) is 2.64. The minimum atomic E-state index is -0.229. The summed E-state index contributed by atoms with van der Waals surface area (Å²) in [6.45, 7) is 1.89. The number of hydrazine groups is 1. The lowest BCUT2D eigenvalue weighted by Crippen LogP contribution is -2.31. The van der Waals surface area contributed by atoms with Crippen LogP contribution in [0.25, 0.3) is 0 Å². The maximum Gasteiger partial charge on any atom is 0.244 e. The van der Waals surface area contributed by atoms with Crippen molar-refractivity contribution in [3.05, 3.63) is 11.8 Å². The Morgan fingerprint density at radius 2 is 2.25 bits per heavy atom. The number of nitrogens with two attached hydrogens (primary N) is 1. The molecule has 0 saturated carbocycles. The van der Waals surface area contributed by atoms with Crippen LogP contribution in [0.2, 0.25) is 0 Å². The standard InChI is InChI=1S/C9H15N5OS/c1-6-4-8(16-5-7(15)13-10)12-9(11-6)14(2)3/h4H,5,10H2,1-3H3,(H,13,15). The number of hydrogen-bond acceptors (Lipinski definition) is 6. The number of aryl methyl sites for hydroxylation is 1. The lowest BCUT2D eigenvalue weighted by molar-refractivity contribution is -0.118. The van der Waals surface area contributed by atoms with E-state index in [2.05, 4.69) is 15.4 Å². The van der Waals surface area contributed by atoms with Crippen LogP contribution in [0.4, 0.5) is 5.95 Å². The molecule has 3 N–H and O–H groups in total. The van der Waals surface area contributed by atoms with Crippen LogP contribution in [0.15, 0.2) is 11.1 Å². The first-order valence-electron chi connectivity index (χ1n) is 4.68. The van der Waals surface area contributed by atoms with Crippen LogP contribution in [0.5, 0.6) is 0 Å². The molecule has 0 saturated heterocycles. The molecule has 6 nitrogen and oxygen atoms in total. The molecule has 0 radical (unpaired) electrons. The molecule has 1 amide bonds. The Morgan fingerprint density at radius 1 is 1.56 bits per heavy atom. The van der Waals surface area contributed by atoms with E-state index in [9.17, 15) is 4.79 Å². The monoisotopic (exact) mass is 241 g/mol. The molecule has 0 spiro atoms. The highest BCUT2D eigenvalue weighted by molar-refractivity contribution is 7.99. The summed E-state index contributed by atoms with van der Waals surface area (Å²) in [5.41, 5.74) is 2.94. The molecule has 0 aliphatic heterocycles. The van der Waals surface area contributed by atoms with Crippen LogP contribution >= 0.6 is 11.8 Å². The van der Waals surface area contributed by atoms with Crippen molar-refractivity contribution >= 4 is 23.6 Å². The van der Waals surface area contributed by atoms with E-state index in [0.29, 0.717) is 5.95 Å². The zero-order valence-electron chi connectivity index (χ0n) is 9.52. The third kappa shape index (κ3) is 3.67. The Hall–Kier alpha value is -1.34. The predicted molar refractivity (Wildman–Crippen MR) is 64.2 cm³/mol. The molecule has 0 bridgehead atoms. The SMILES string of the molecule is Cc1cc(SCC(=O)NN)nc(N(C)C)n1. The first-order chi connectivity index (χ1) is 7.52. The molecule has 0 unspecified atom stereocenters. The van der Waals surface area contributed by atoms with Gasteiger partial charge in [-0.3, -0.25) is 10.2 Å². The van der Waals surface area contributed by atoms with Gasteiger partial charge >= 0.3 is 0 Å². The summed E-state index contributed by atoms with van der Waals surface area (Å²) in [6, 6.07) is 1.83. The van der Waals surface area contributed by atoms with Crippen LogP contribution in [0, 0.1) is 6.92 Å². The highest BCUT2D eigenvalue weighted by atomic mass is 32.2. The number of nitrogens with one attached hydrogen (secondary N) is 1. The molecule has 0 aliphatic carbocycles. The number of amides is 1. The molecule has 16 heavy (non-hydrogen) atoms. The quantitative estimate of drug-likeness (QED) is 0.252. The first kappa shape index (κ1) is 12.7. The van der Waals surface area contributed by atoms with Crippen LogP contribution in [0.1, 0.15) is 5.69 Å². The Kier molecular flexibility index (Phi) is 4.51. The van der Waals surface area contributed by atoms with Gasteiger partial charge in [0.25, 0.3) is 0 Å². The number of anilines is 1. The van der Waals surface area contributed by atoms with E-state index in [1.165, 1.54) is 11.8 Å². The first-order valence-corrected chi connectivity index (χ1v) is 5.66. The summed E-state index contributed by atoms with van der Waals surface area (Å²) >= 11 is 1.33. The zero-order valence-corrected chi connectivity index (χ0v) is 10.3. The highest BCUT2D eigenvalue weighted by Crippen LogP contribution is 2.18. The number of rotatable bonds is 4. The van der Waals surface area contributed by atoms with Gasteiger partial charge in [0.15, 0.2) is 0 Å². The molecule has 0 fully saturated rings. The van der Waals surface area contributed by atoms with Crippen molar-refractivity contribution in [3.8, 4) is 0 Å². The number of nitrogens with zero attached hydrogens (tertiary/aromatic N) is 3. The zero-order chi connectivity index (χ0) is 12.1. The second-order valence-electron chi connectivity index (χ2n) is 3.40. The van der Waals surface area contributed by atoms with Gasteiger partial charge in [-0.2, -0.15) is 0 Å². The van der Waals surface area contributed by atoms with Crippen molar-refractivity contribution in [2.75, 3.05) is 24.7 Å². The molecule has 1 heterocycles. The predicted octanol–water partition coefficient (Wildman–Crippen LogP) is -0.0670. The average molecular weight is 241 g/mol. The van der Waals surface area contributed by atoms with E-state index in [1.807, 2.05) is 32.0 Å². The molecule has 0 aromatic carbocycles. The molecule has 0 atom stereocenters. The molecular weight excluding hydrogens is 226 g/mol. The number of carbonyl (C=O) groups excluding carboxylic acids is 1. The van der Waals surface area contributed by atoms with Crippen LogP contribution in [-0.2, 0) is 4.79 Å². The fraction of sp³-hybridized carbons (Fsp3) is 0.444. The van der Waals surface area contributed by atoms with E-state index < -0.39 is 0 Å². The fourth-order valence-corrected chi connectivity index (χ4v) is 1.74. The summed E-state index contributed by atoms with van der Waals surface area (Å²) in [5.74, 6) is 5.65. The maximum absolute atomic E-state index is 11.0. The topological polar surface area (TPSA) is 84.1 Å². The van der Waals surface area contributed by atoms with Gasteiger partial charge in [-0.1, -0.05) is 11.8 Å². The lowest BCUT2D eigenvalue weighted by Gasteiger charge is -2.11. The molecule has 1 aromatic rings. The van der Waals surface area contributed by atoms with Gasteiger partial charge in [0.1, 0.15) is 5.03 Å². The second kappa shape index (κ2) is 5.66. The Labute approximate surface area is 98.6 Å². The average Bonchev–Trinajstić information content (AvgIpc) is 2.25. The minimum Gasteiger partial charge on any atom is -0.347 e. The van der Waals surface area contributed by atoms with E-state index in [-0.39, 0.29) is 11.7 Å². The van der Waals surface area contributed by atoms with Crippen LogP contribution < -0.4 is 16.2 Å². The normalized spacial score (nSPS) is 10.0. The fourth-order valence-electron chi connectivity index (χ4n) is 0.980. The van der Waals surface area contributed by atoms with E-state index in [1.54, 1.807) is 0 Å². The van der Waals surface area contributed by atoms with Gasteiger partial charge in [-0.25, -0.2) is 15.8 Å². The van der Waals surface area contributed by atoms with Crippen molar-refractivity contribution in [3.63, 3.8) is 0 Å². The minimum absolute atomic E-state index is 0.229. The largest absolute Gasteiger partial charge is 0.347 e. The van der Waals surface area contributed by atoms with Gasteiger partial charge in [-0.05, 0) is 13.0 Å². The Morgan fingerprint density at radius 3 is 2.81 bits per heavy atom. The number of thioether (sulfide) groups is 1. The van der Waals surface area contributed by atoms with Crippen molar-refractivity contribution < 1.29 is 4.79 Å². The van der Waals surface area contributed by atoms with Crippen molar-refractivity contribution in [2.24, 2.45) is 5.84 Å². The van der Waals surface area contributed by atoms with Crippen molar-refractivity contribution in [2.45, 2.75) is 11.9 Å². The summed E-state index contributed by atoms with van der Waals surface area (Å²) in [4.78, 5) is 21.4. The molecule has 0 aliphatic rings. The van der Waals surface area contributed by atoms with E-state index >= 15 is 0 Å². The van der Waals surface area contributed by atoms with Gasteiger partial charge in [0.2, 0.25) is 11.9 Å². The molecule has 1 rings (SSSR count). The molecule has 1 aromatic heterocycles. The van der Waals surface area contributed by atoms with Crippen molar-refractivity contribution in [1.82, 2.24) is 15.4 Å². The summed E-state index contributed by atoms with van der Waals surface area (Å²) in [5, 5.41) is 0.764. The molecule has 7 heteroatoms. The lowest BCUT2D eigenvalue weighted by atomic mass is 10.4. The maximum atomic E-state index is 11.0. The number of aromatic nitrogens is 2. The Bertz CT molecular complexity index is 382. The molecular formula is C9H15N5OS. The summed E-state index contributed by atoms with van der Waals surface area (Å²) < 4.78 is 0. The van der Waals surface area contributed by atoms with Crippen molar-refractivity contribution in [1.29, 1.82) is 0 Å². The third-order valence-electron chi connectivity index (χ3n) is 1.73. The second-order valence-corrected chi connectivity index (χ2v) is 4.39. The number of carbonyl (C=O) groups is 1. The van der Waals surface area contributed by atoms with Gasteiger partial charge in [0, 0.05) is 19.8 Å². The van der Waals surface area contributed by atoms with E-state index in [0.717, 1.165) is 10.7 Å². The van der Waals surface area contributed by atoms with E-state index in [4.69, 9.17) is 5.84 Å². The van der Waals surface area contributed by atoms with Crippen LogP contribution in [-0.4, -0.2) is 35.7 Å². The van der Waals surface area contributed by atoms with Gasteiger partial charge in [0.05, 0.1) is 5.75 Å².